The summed E-state index contributed by atoms with van der Waals surface area (Å²) in [6.07, 6.45) is 2.08. The number of aryl methyl sites for hydroxylation is 1. The van der Waals surface area contributed by atoms with Gasteiger partial charge in [-0.2, -0.15) is 0 Å². The Morgan fingerprint density at radius 1 is 1.14 bits per heavy atom. The predicted molar refractivity (Wildman–Crippen MR) is 88.3 cm³/mol. The zero-order valence-corrected chi connectivity index (χ0v) is 13.9. The topological polar surface area (TPSA) is 58.2 Å². The number of nitrogens with one attached hydrogen (secondary N) is 2. The van der Waals surface area contributed by atoms with Crippen molar-refractivity contribution in [1.82, 2.24) is 5.32 Å². The molecule has 2 rings (SSSR count). The fourth-order valence-corrected chi connectivity index (χ4v) is 4.29. The standard InChI is InChI=1S/C15H20N2O2S2/c1-3-4-12-5-7-14(8-6-12)17-21(18,19)15-9-13(10-16-2)11-20-15/h5-9,11,16-17H,3-4,10H2,1-2H3. The third kappa shape index (κ3) is 4.30. The molecule has 0 aliphatic carbocycles. The zero-order valence-electron chi connectivity index (χ0n) is 12.2. The normalized spacial score (nSPS) is 11.5. The van der Waals surface area contributed by atoms with Gasteiger partial charge >= 0.3 is 0 Å². The highest BCUT2D eigenvalue weighted by molar-refractivity contribution is 7.94. The van der Waals surface area contributed by atoms with E-state index in [1.54, 1.807) is 6.07 Å². The summed E-state index contributed by atoms with van der Waals surface area (Å²) in [4.78, 5) is 0. The molecule has 4 nitrogen and oxygen atoms in total. The van der Waals surface area contributed by atoms with E-state index in [4.69, 9.17) is 0 Å². The van der Waals surface area contributed by atoms with Crippen molar-refractivity contribution in [2.75, 3.05) is 11.8 Å². The van der Waals surface area contributed by atoms with E-state index in [9.17, 15) is 8.42 Å². The van der Waals surface area contributed by atoms with Crippen LogP contribution < -0.4 is 10.0 Å². The van der Waals surface area contributed by atoms with Gasteiger partial charge < -0.3 is 5.32 Å². The molecule has 0 aliphatic heterocycles. The van der Waals surface area contributed by atoms with Gasteiger partial charge in [-0.05, 0) is 48.2 Å². The van der Waals surface area contributed by atoms with Crippen LogP contribution in [0.4, 0.5) is 5.69 Å². The van der Waals surface area contributed by atoms with Gasteiger partial charge in [0.05, 0.1) is 0 Å². The largest absolute Gasteiger partial charge is 0.316 e. The molecule has 0 atom stereocenters. The van der Waals surface area contributed by atoms with Crippen LogP contribution in [0.25, 0.3) is 0 Å². The molecular formula is C15H20N2O2S2. The van der Waals surface area contributed by atoms with E-state index in [1.165, 1.54) is 16.9 Å². The molecule has 1 heterocycles. The van der Waals surface area contributed by atoms with Gasteiger partial charge in [0.2, 0.25) is 0 Å². The van der Waals surface area contributed by atoms with Gasteiger partial charge in [0.15, 0.2) is 0 Å². The zero-order chi connectivity index (χ0) is 15.3. The SMILES string of the molecule is CCCc1ccc(NS(=O)(=O)c2cc(CNC)cs2)cc1. The van der Waals surface area contributed by atoms with Gasteiger partial charge in [0.1, 0.15) is 4.21 Å². The lowest BCUT2D eigenvalue weighted by molar-refractivity contribution is 0.603. The van der Waals surface area contributed by atoms with E-state index in [2.05, 4.69) is 17.0 Å². The summed E-state index contributed by atoms with van der Waals surface area (Å²) in [5.74, 6) is 0. The number of thiophene rings is 1. The molecule has 1 aromatic carbocycles. The van der Waals surface area contributed by atoms with Gasteiger partial charge in [0.25, 0.3) is 10.0 Å². The second kappa shape index (κ2) is 7.06. The average molecular weight is 324 g/mol. The maximum atomic E-state index is 12.3. The number of anilines is 1. The van der Waals surface area contributed by atoms with Gasteiger partial charge in [-0.1, -0.05) is 25.5 Å². The Kier molecular flexibility index (Phi) is 5.39. The summed E-state index contributed by atoms with van der Waals surface area (Å²) in [7, 11) is -1.66. The summed E-state index contributed by atoms with van der Waals surface area (Å²) in [5.41, 5.74) is 2.78. The first-order chi connectivity index (χ1) is 10.0. The molecule has 0 bridgehead atoms. The van der Waals surface area contributed by atoms with Crippen LogP contribution in [0.5, 0.6) is 0 Å². The summed E-state index contributed by atoms with van der Waals surface area (Å²) in [6, 6.07) is 9.24. The van der Waals surface area contributed by atoms with Crippen molar-refractivity contribution < 1.29 is 8.42 Å². The van der Waals surface area contributed by atoms with Crippen LogP contribution in [0.3, 0.4) is 0 Å². The lowest BCUT2D eigenvalue weighted by Gasteiger charge is -2.07. The monoisotopic (exact) mass is 324 g/mol. The summed E-state index contributed by atoms with van der Waals surface area (Å²) in [5, 5.41) is 4.86. The molecule has 0 saturated heterocycles. The Labute approximate surface area is 130 Å². The highest BCUT2D eigenvalue weighted by Gasteiger charge is 2.16. The van der Waals surface area contributed by atoms with Crippen LogP contribution in [-0.4, -0.2) is 15.5 Å². The molecule has 6 heteroatoms. The molecule has 0 unspecified atom stereocenters. The predicted octanol–water partition coefficient (Wildman–Crippen LogP) is 3.22. The molecule has 0 radical (unpaired) electrons. The third-order valence-corrected chi connectivity index (χ3v) is 5.89. The van der Waals surface area contributed by atoms with E-state index < -0.39 is 10.0 Å². The molecule has 21 heavy (non-hydrogen) atoms. The van der Waals surface area contributed by atoms with Crippen molar-refractivity contribution in [3.63, 3.8) is 0 Å². The highest BCUT2D eigenvalue weighted by atomic mass is 32.2. The molecule has 0 amide bonds. The van der Waals surface area contributed by atoms with Gasteiger partial charge in [-0.15, -0.1) is 11.3 Å². The minimum absolute atomic E-state index is 0.338. The maximum absolute atomic E-state index is 12.3. The van der Waals surface area contributed by atoms with E-state index in [-0.39, 0.29) is 0 Å². The molecule has 0 saturated carbocycles. The van der Waals surface area contributed by atoms with Crippen molar-refractivity contribution >= 4 is 27.0 Å². The van der Waals surface area contributed by atoms with Gasteiger partial charge in [-0.25, -0.2) is 8.42 Å². The molecule has 114 valence electrons. The Morgan fingerprint density at radius 2 is 1.86 bits per heavy atom. The number of benzene rings is 1. The second-order valence-corrected chi connectivity index (χ2v) is 7.68. The van der Waals surface area contributed by atoms with Crippen molar-refractivity contribution in [2.45, 2.75) is 30.5 Å². The molecule has 0 fully saturated rings. The van der Waals surface area contributed by atoms with Crippen LogP contribution in [0, 0.1) is 0 Å². The first kappa shape index (κ1) is 16.0. The van der Waals surface area contributed by atoms with Crippen LogP contribution in [0.2, 0.25) is 0 Å². The summed E-state index contributed by atoms with van der Waals surface area (Å²) >= 11 is 1.24. The Morgan fingerprint density at radius 3 is 2.48 bits per heavy atom. The summed E-state index contributed by atoms with van der Waals surface area (Å²) < 4.78 is 27.6. The van der Waals surface area contributed by atoms with Crippen molar-refractivity contribution in [2.24, 2.45) is 0 Å². The second-order valence-electron chi connectivity index (χ2n) is 4.86. The maximum Gasteiger partial charge on any atom is 0.271 e. The van der Waals surface area contributed by atoms with E-state index in [0.717, 1.165) is 18.4 Å². The molecular weight excluding hydrogens is 304 g/mol. The fourth-order valence-electron chi connectivity index (χ4n) is 2.02. The van der Waals surface area contributed by atoms with Gasteiger partial charge in [0, 0.05) is 12.2 Å². The Balaban J connectivity index is 2.12. The fraction of sp³-hybridized carbons (Fsp3) is 0.333. The van der Waals surface area contributed by atoms with Crippen molar-refractivity contribution in [3.8, 4) is 0 Å². The van der Waals surface area contributed by atoms with Crippen molar-refractivity contribution in [3.05, 3.63) is 46.8 Å². The highest BCUT2D eigenvalue weighted by Crippen LogP contribution is 2.23. The van der Waals surface area contributed by atoms with Gasteiger partial charge in [-0.3, -0.25) is 4.72 Å². The van der Waals surface area contributed by atoms with E-state index in [0.29, 0.717) is 16.4 Å². The Hall–Kier alpha value is -1.37. The average Bonchev–Trinajstić information content (AvgIpc) is 2.91. The molecule has 0 spiro atoms. The molecule has 2 N–H and O–H groups in total. The Bertz CT molecular complexity index is 676. The van der Waals surface area contributed by atoms with Crippen LogP contribution in [0.1, 0.15) is 24.5 Å². The summed E-state index contributed by atoms with van der Waals surface area (Å²) in [6.45, 7) is 2.79. The van der Waals surface area contributed by atoms with E-state index >= 15 is 0 Å². The molecule has 1 aromatic heterocycles. The molecule has 0 aliphatic rings. The number of sulfonamides is 1. The third-order valence-electron chi connectivity index (χ3n) is 3.02. The minimum Gasteiger partial charge on any atom is -0.316 e. The lowest BCUT2D eigenvalue weighted by Crippen LogP contribution is -2.11. The first-order valence-corrected chi connectivity index (χ1v) is 9.25. The smallest absolute Gasteiger partial charge is 0.271 e. The lowest BCUT2D eigenvalue weighted by atomic mass is 10.1. The number of hydrogen-bond acceptors (Lipinski definition) is 4. The quantitative estimate of drug-likeness (QED) is 0.822. The van der Waals surface area contributed by atoms with Crippen LogP contribution in [-0.2, 0) is 23.0 Å². The van der Waals surface area contributed by atoms with Crippen LogP contribution >= 0.6 is 11.3 Å². The number of hydrogen-bond donors (Lipinski definition) is 2. The minimum atomic E-state index is -3.50. The first-order valence-electron chi connectivity index (χ1n) is 6.89. The van der Waals surface area contributed by atoms with Crippen LogP contribution in [0.15, 0.2) is 39.9 Å². The van der Waals surface area contributed by atoms with Crippen molar-refractivity contribution in [1.29, 1.82) is 0 Å². The van der Waals surface area contributed by atoms with E-state index in [1.807, 2.05) is 36.7 Å². The number of rotatable bonds is 7. The molecule has 2 aromatic rings.